The molecule has 1 aromatic heterocycles. The van der Waals surface area contributed by atoms with Crippen LogP contribution < -0.4 is 0 Å². The number of para-hydroxylation sites is 1. The van der Waals surface area contributed by atoms with E-state index >= 15 is 0 Å². The Kier molecular flexibility index (Phi) is 2.84. The summed E-state index contributed by atoms with van der Waals surface area (Å²) < 4.78 is 28.6. The maximum absolute atomic E-state index is 13.9. The molecule has 0 radical (unpaired) electrons. The van der Waals surface area contributed by atoms with Crippen LogP contribution in [0.3, 0.4) is 0 Å². The Morgan fingerprint density at radius 2 is 2.00 bits per heavy atom. The molecule has 0 aliphatic carbocycles. The highest BCUT2D eigenvalue weighted by Crippen LogP contribution is 2.24. The van der Waals surface area contributed by atoms with Crippen molar-refractivity contribution in [2.24, 2.45) is 0 Å². The van der Waals surface area contributed by atoms with Crippen LogP contribution in [-0.4, -0.2) is 9.55 Å². The molecule has 3 nitrogen and oxygen atoms in total. The lowest BCUT2D eigenvalue weighted by atomic mass is 10.2. The zero-order valence-corrected chi connectivity index (χ0v) is 10.8. The first kappa shape index (κ1) is 12.5. The van der Waals surface area contributed by atoms with Crippen molar-refractivity contribution in [3.05, 3.63) is 58.4 Å². The Bertz CT molecular complexity index is 918. The Morgan fingerprint density at radius 1 is 1.20 bits per heavy atom. The second kappa shape index (κ2) is 4.54. The van der Waals surface area contributed by atoms with Gasteiger partial charge < -0.3 is 4.98 Å². The summed E-state index contributed by atoms with van der Waals surface area (Å²) >= 11 is 5.17. The fourth-order valence-electron chi connectivity index (χ4n) is 2.13. The standard InChI is InChI=1S/C14H7F2N3S/c15-9-4-5-11(10(16)6-9)19-12-3-1-2-8(7-17)13(12)18-14(19)20/h1-6H,(H,18,20). The molecule has 0 atom stereocenters. The maximum atomic E-state index is 13.9. The van der Waals surface area contributed by atoms with E-state index in [0.29, 0.717) is 16.6 Å². The van der Waals surface area contributed by atoms with Crippen molar-refractivity contribution < 1.29 is 8.78 Å². The van der Waals surface area contributed by atoms with Crippen LogP contribution in [0.4, 0.5) is 8.78 Å². The van der Waals surface area contributed by atoms with E-state index in [1.807, 2.05) is 6.07 Å². The van der Waals surface area contributed by atoms with Gasteiger partial charge in [0.15, 0.2) is 4.77 Å². The average molecular weight is 287 g/mol. The van der Waals surface area contributed by atoms with Gasteiger partial charge in [0.1, 0.15) is 17.7 Å². The van der Waals surface area contributed by atoms with Gasteiger partial charge in [0.25, 0.3) is 0 Å². The van der Waals surface area contributed by atoms with Crippen molar-refractivity contribution in [3.63, 3.8) is 0 Å². The molecule has 0 saturated heterocycles. The highest BCUT2D eigenvalue weighted by Gasteiger charge is 2.13. The van der Waals surface area contributed by atoms with Crippen LogP contribution in [0.1, 0.15) is 5.56 Å². The average Bonchev–Trinajstić information content (AvgIpc) is 2.75. The van der Waals surface area contributed by atoms with Crippen molar-refractivity contribution in [1.29, 1.82) is 5.26 Å². The molecule has 1 heterocycles. The highest BCUT2D eigenvalue weighted by molar-refractivity contribution is 7.71. The van der Waals surface area contributed by atoms with Crippen molar-refractivity contribution in [1.82, 2.24) is 9.55 Å². The van der Waals surface area contributed by atoms with Crippen LogP contribution in [0.5, 0.6) is 0 Å². The normalized spacial score (nSPS) is 10.7. The predicted octanol–water partition coefficient (Wildman–Crippen LogP) is 3.84. The van der Waals surface area contributed by atoms with Gasteiger partial charge in [-0.1, -0.05) is 6.07 Å². The lowest BCUT2D eigenvalue weighted by Gasteiger charge is -2.06. The van der Waals surface area contributed by atoms with Crippen molar-refractivity contribution in [2.45, 2.75) is 0 Å². The summed E-state index contributed by atoms with van der Waals surface area (Å²) in [5.74, 6) is -1.38. The van der Waals surface area contributed by atoms with E-state index in [2.05, 4.69) is 4.98 Å². The van der Waals surface area contributed by atoms with Gasteiger partial charge in [0.2, 0.25) is 0 Å². The molecule has 0 amide bonds. The Labute approximate surface area is 117 Å². The number of fused-ring (bicyclic) bond motifs is 1. The molecule has 98 valence electrons. The number of rotatable bonds is 1. The smallest absolute Gasteiger partial charge is 0.182 e. The number of aromatic nitrogens is 2. The van der Waals surface area contributed by atoms with Gasteiger partial charge >= 0.3 is 0 Å². The van der Waals surface area contributed by atoms with Crippen LogP contribution in [0.2, 0.25) is 0 Å². The zero-order valence-electron chi connectivity index (χ0n) is 10.0. The van der Waals surface area contributed by atoms with Crippen LogP contribution in [0.15, 0.2) is 36.4 Å². The number of hydrogen-bond acceptors (Lipinski definition) is 2. The summed E-state index contributed by atoms with van der Waals surface area (Å²) in [4.78, 5) is 2.88. The first-order chi connectivity index (χ1) is 9.61. The second-order valence-corrected chi connectivity index (χ2v) is 4.56. The number of halogens is 2. The van der Waals surface area contributed by atoms with Gasteiger partial charge in [-0.15, -0.1) is 0 Å². The Morgan fingerprint density at radius 3 is 2.70 bits per heavy atom. The van der Waals surface area contributed by atoms with E-state index in [1.165, 1.54) is 10.6 Å². The number of nitrogens with zero attached hydrogens (tertiary/aromatic N) is 2. The minimum atomic E-state index is -0.718. The van der Waals surface area contributed by atoms with Crippen LogP contribution in [0, 0.1) is 27.7 Å². The molecule has 0 unspecified atom stereocenters. The number of nitriles is 1. The molecule has 0 saturated carbocycles. The summed E-state index contributed by atoms with van der Waals surface area (Å²) in [5.41, 5.74) is 1.65. The fraction of sp³-hybridized carbons (Fsp3) is 0. The molecule has 0 spiro atoms. The molecule has 20 heavy (non-hydrogen) atoms. The number of hydrogen-bond donors (Lipinski definition) is 1. The number of aromatic amines is 1. The third kappa shape index (κ3) is 1.80. The number of imidazole rings is 1. The van der Waals surface area contributed by atoms with Crippen molar-refractivity contribution in [3.8, 4) is 11.8 Å². The molecule has 0 aliphatic rings. The van der Waals surface area contributed by atoms with Crippen LogP contribution >= 0.6 is 12.2 Å². The Hall–Kier alpha value is -2.52. The van der Waals surface area contributed by atoms with Gasteiger partial charge in [-0.2, -0.15) is 5.26 Å². The predicted molar refractivity (Wildman–Crippen MR) is 73.1 cm³/mol. The maximum Gasteiger partial charge on any atom is 0.182 e. The van der Waals surface area contributed by atoms with Crippen LogP contribution in [-0.2, 0) is 0 Å². The van der Waals surface area contributed by atoms with Gasteiger partial charge in [-0.25, -0.2) is 8.78 Å². The molecule has 3 aromatic rings. The summed E-state index contributed by atoms with van der Waals surface area (Å²) in [6.07, 6.45) is 0. The second-order valence-electron chi connectivity index (χ2n) is 4.17. The van der Waals surface area contributed by atoms with Crippen LogP contribution in [0.25, 0.3) is 16.7 Å². The van der Waals surface area contributed by atoms with Gasteiger partial charge in [-0.05, 0) is 36.5 Å². The van der Waals surface area contributed by atoms with Gasteiger partial charge in [-0.3, -0.25) is 4.57 Å². The molecular formula is C14H7F2N3S. The molecule has 2 aromatic carbocycles. The monoisotopic (exact) mass is 287 g/mol. The summed E-state index contributed by atoms with van der Waals surface area (Å²) in [7, 11) is 0. The van der Waals surface area contributed by atoms with Gasteiger partial charge in [0, 0.05) is 6.07 Å². The molecule has 6 heteroatoms. The van der Waals surface area contributed by atoms with E-state index in [9.17, 15) is 8.78 Å². The van der Waals surface area contributed by atoms with E-state index < -0.39 is 11.6 Å². The number of H-pyrrole nitrogens is 1. The fourth-order valence-corrected chi connectivity index (χ4v) is 2.42. The van der Waals surface area contributed by atoms with Crippen molar-refractivity contribution >= 4 is 23.3 Å². The minimum Gasteiger partial charge on any atom is -0.329 e. The molecular weight excluding hydrogens is 280 g/mol. The summed E-state index contributed by atoms with van der Waals surface area (Å²) in [6.45, 7) is 0. The minimum absolute atomic E-state index is 0.137. The number of benzene rings is 2. The number of nitrogens with one attached hydrogen (secondary N) is 1. The topological polar surface area (TPSA) is 44.5 Å². The van der Waals surface area contributed by atoms with Gasteiger partial charge in [0.05, 0.1) is 22.3 Å². The first-order valence-corrected chi connectivity index (χ1v) is 6.12. The molecule has 0 aliphatic heterocycles. The quantitative estimate of drug-likeness (QED) is 0.691. The largest absolute Gasteiger partial charge is 0.329 e. The first-order valence-electron chi connectivity index (χ1n) is 5.71. The zero-order chi connectivity index (χ0) is 14.3. The SMILES string of the molecule is N#Cc1cccc2c1[nH]c(=S)n2-c1ccc(F)cc1F. The summed E-state index contributed by atoms with van der Waals surface area (Å²) in [6, 6.07) is 10.3. The summed E-state index contributed by atoms with van der Waals surface area (Å²) in [5, 5.41) is 9.06. The third-order valence-corrected chi connectivity index (χ3v) is 3.27. The lowest BCUT2D eigenvalue weighted by molar-refractivity contribution is 0.578. The third-order valence-electron chi connectivity index (χ3n) is 2.99. The molecule has 3 rings (SSSR count). The van der Waals surface area contributed by atoms with E-state index in [1.54, 1.807) is 18.2 Å². The van der Waals surface area contributed by atoms with E-state index in [-0.39, 0.29) is 10.5 Å². The van der Waals surface area contributed by atoms with E-state index in [0.717, 1.165) is 12.1 Å². The van der Waals surface area contributed by atoms with Crippen molar-refractivity contribution in [2.75, 3.05) is 0 Å². The Balaban J connectivity index is 2.41. The lowest BCUT2D eigenvalue weighted by Crippen LogP contribution is -1.98. The van der Waals surface area contributed by atoms with E-state index in [4.69, 9.17) is 17.5 Å². The highest BCUT2D eigenvalue weighted by atomic mass is 32.1. The molecule has 0 fully saturated rings. The molecule has 0 bridgehead atoms. The molecule has 1 N–H and O–H groups in total.